The number of halogens is 1. The molecule has 0 radical (unpaired) electrons. The van der Waals surface area contributed by atoms with Gasteiger partial charge in [-0.2, -0.15) is 0 Å². The molecule has 110 valence electrons. The van der Waals surface area contributed by atoms with E-state index in [1.807, 2.05) is 0 Å². The van der Waals surface area contributed by atoms with Crippen LogP contribution < -0.4 is 5.32 Å². The van der Waals surface area contributed by atoms with Gasteiger partial charge >= 0.3 is 0 Å². The summed E-state index contributed by atoms with van der Waals surface area (Å²) in [5.41, 5.74) is 0.872. The third kappa shape index (κ3) is 3.42. The molecule has 1 saturated carbocycles. The summed E-state index contributed by atoms with van der Waals surface area (Å²) in [4.78, 5) is 0. The molecular formula is C16H22BrNO2. The Morgan fingerprint density at radius 2 is 1.85 bits per heavy atom. The standard InChI is InChI=1S/C16H22BrNO2/c17-14-3-1-12(2-4-14)13-9-15(10-13)18-11-16(19)5-7-20-8-6-16/h1-4,13,15,18-19H,5-11H2. The van der Waals surface area contributed by atoms with Gasteiger partial charge in [-0.05, 0) is 36.5 Å². The molecule has 1 aromatic carbocycles. The van der Waals surface area contributed by atoms with Gasteiger partial charge in [0.2, 0.25) is 0 Å². The van der Waals surface area contributed by atoms with E-state index in [9.17, 15) is 5.11 Å². The molecule has 1 aromatic rings. The highest BCUT2D eigenvalue weighted by Crippen LogP contribution is 2.37. The highest BCUT2D eigenvalue weighted by atomic mass is 79.9. The number of hydrogen-bond donors (Lipinski definition) is 2. The van der Waals surface area contributed by atoms with Gasteiger partial charge in [0.25, 0.3) is 0 Å². The second-order valence-corrected chi connectivity index (χ2v) is 7.05. The molecule has 0 aromatic heterocycles. The number of aliphatic hydroxyl groups is 1. The molecular weight excluding hydrogens is 318 g/mol. The minimum Gasteiger partial charge on any atom is -0.388 e. The van der Waals surface area contributed by atoms with Crippen LogP contribution in [0.15, 0.2) is 28.7 Å². The minimum atomic E-state index is -0.555. The van der Waals surface area contributed by atoms with Crippen LogP contribution in [0.5, 0.6) is 0 Å². The molecule has 3 nitrogen and oxygen atoms in total. The summed E-state index contributed by atoms with van der Waals surface area (Å²) in [7, 11) is 0. The molecule has 0 unspecified atom stereocenters. The van der Waals surface area contributed by atoms with Gasteiger partial charge in [0, 0.05) is 43.1 Å². The number of rotatable bonds is 4. The first-order valence-corrected chi connectivity index (χ1v) is 8.23. The van der Waals surface area contributed by atoms with Gasteiger partial charge in [-0.3, -0.25) is 0 Å². The lowest BCUT2D eigenvalue weighted by Crippen LogP contribution is -2.50. The largest absolute Gasteiger partial charge is 0.388 e. The summed E-state index contributed by atoms with van der Waals surface area (Å²) >= 11 is 3.47. The first kappa shape index (κ1) is 14.5. The molecule has 1 saturated heterocycles. The molecule has 2 aliphatic rings. The third-order valence-electron chi connectivity index (χ3n) is 4.62. The smallest absolute Gasteiger partial charge is 0.0815 e. The fourth-order valence-corrected chi connectivity index (χ4v) is 3.32. The Morgan fingerprint density at radius 3 is 2.50 bits per heavy atom. The molecule has 0 spiro atoms. The fraction of sp³-hybridized carbons (Fsp3) is 0.625. The lowest BCUT2D eigenvalue weighted by atomic mass is 9.75. The Kier molecular flexibility index (Phi) is 4.46. The second-order valence-electron chi connectivity index (χ2n) is 6.13. The van der Waals surface area contributed by atoms with Gasteiger partial charge in [0.05, 0.1) is 5.60 Å². The Bertz CT molecular complexity index is 436. The molecule has 2 fully saturated rings. The zero-order valence-corrected chi connectivity index (χ0v) is 13.2. The summed E-state index contributed by atoms with van der Waals surface area (Å²) in [6, 6.07) is 9.19. The summed E-state index contributed by atoms with van der Waals surface area (Å²) in [6.45, 7) is 2.07. The zero-order chi connectivity index (χ0) is 14.0. The van der Waals surface area contributed by atoms with Crippen LogP contribution in [0.1, 0.15) is 37.2 Å². The van der Waals surface area contributed by atoms with Crippen LogP contribution in [0, 0.1) is 0 Å². The summed E-state index contributed by atoms with van der Waals surface area (Å²) in [5, 5.41) is 13.9. The SMILES string of the molecule is OC1(CNC2CC(c3ccc(Br)cc3)C2)CCOCC1. The van der Waals surface area contributed by atoms with Crippen molar-refractivity contribution in [3.05, 3.63) is 34.3 Å². The van der Waals surface area contributed by atoms with Gasteiger partial charge in [0.1, 0.15) is 0 Å². The van der Waals surface area contributed by atoms with Crippen molar-refractivity contribution in [2.45, 2.75) is 43.2 Å². The van der Waals surface area contributed by atoms with Crippen LogP contribution in [0.4, 0.5) is 0 Å². The Hall–Kier alpha value is -0.420. The molecule has 2 N–H and O–H groups in total. The lowest BCUT2D eigenvalue weighted by molar-refractivity contribution is -0.0640. The highest BCUT2D eigenvalue weighted by Gasteiger charge is 2.34. The first-order chi connectivity index (χ1) is 9.65. The average molecular weight is 340 g/mol. The van der Waals surface area contributed by atoms with Gasteiger partial charge in [-0.15, -0.1) is 0 Å². The molecule has 0 amide bonds. The Balaban J connectivity index is 1.43. The van der Waals surface area contributed by atoms with Crippen molar-refractivity contribution in [3.8, 4) is 0 Å². The van der Waals surface area contributed by atoms with E-state index in [1.165, 1.54) is 18.4 Å². The predicted octanol–water partition coefficient (Wildman–Crippen LogP) is 2.83. The monoisotopic (exact) mass is 339 g/mol. The van der Waals surface area contributed by atoms with Gasteiger partial charge < -0.3 is 15.2 Å². The molecule has 4 heteroatoms. The number of hydrogen-bond acceptors (Lipinski definition) is 3. The van der Waals surface area contributed by atoms with E-state index >= 15 is 0 Å². The van der Waals surface area contributed by atoms with Crippen molar-refractivity contribution >= 4 is 15.9 Å². The Morgan fingerprint density at radius 1 is 1.20 bits per heavy atom. The topological polar surface area (TPSA) is 41.5 Å². The molecule has 3 rings (SSSR count). The predicted molar refractivity (Wildman–Crippen MR) is 82.9 cm³/mol. The van der Waals surface area contributed by atoms with Gasteiger partial charge in [-0.25, -0.2) is 0 Å². The minimum absolute atomic E-state index is 0.551. The lowest BCUT2D eigenvalue weighted by Gasteiger charge is -2.40. The fourth-order valence-electron chi connectivity index (χ4n) is 3.05. The van der Waals surface area contributed by atoms with Crippen LogP contribution in [0.3, 0.4) is 0 Å². The van der Waals surface area contributed by atoms with Crippen LogP contribution >= 0.6 is 15.9 Å². The summed E-state index contributed by atoms with van der Waals surface area (Å²) in [6.07, 6.45) is 3.86. The van der Waals surface area contributed by atoms with Crippen LogP contribution in [0.25, 0.3) is 0 Å². The quantitative estimate of drug-likeness (QED) is 0.886. The second kappa shape index (κ2) is 6.14. The molecule has 1 aliphatic heterocycles. The van der Waals surface area contributed by atoms with E-state index < -0.39 is 5.60 Å². The maximum atomic E-state index is 10.4. The van der Waals surface area contributed by atoms with E-state index in [1.54, 1.807) is 0 Å². The van der Waals surface area contributed by atoms with E-state index in [-0.39, 0.29) is 0 Å². The number of ether oxygens (including phenoxy) is 1. The maximum absolute atomic E-state index is 10.4. The molecule has 0 atom stereocenters. The molecule has 1 heterocycles. The first-order valence-electron chi connectivity index (χ1n) is 7.44. The normalized spacial score (nSPS) is 28.9. The maximum Gasteiger partial charge on any atom is 0.0815 e. The van der Waals surface area contributed by atoms with Crippen molar-refractivity contribution in [2.75, 3.05) is 19.8 Å². The molecule has 20 heavy (non-hydrogen) atoms. The van der Waals surface area contributed by atoms with Gasteiger partial charge in [-0.1, -0.05) is 28.1 Å². The van der Waals surface area contributed by atoms with Crippen LogP contribution in [0.2, 0.25) is 0 Å². The zero-order valence-electron chi connectivity index (χ0n) is 11.6. The Labute approximate surface area is 128 Å². The van der Waals surface area contributed by atoms with Crippen molar-refractivity contribution in [1.82, 2.24) is 5.32 Å². The van der Waals surface area contributed by atoms with Crippen molar-refractivity contribution in [3.63, 3.8) is 0 Å². The van der Waals surface area contributed by atoms with Crippen molar-refractivity contribution < 1.29 is 9.84 Å². The van der Waals surface area contributed by atoms with E-state index in [4.69, 9.17) is 4.74 Å². The number of nitrogens with one attached hydrogen (secondary N) is 1. The van der Waals surface area contributed by atoms with Crippen molar-refractivity contribution in [2.24, 2.45) is 0 Å². The average Bonchev–Trinajstić information content (AvgIpc) is 2.40. The van der Waals surface area contributed by atoms with Crippen LogP contribution in [-0.2, 0) is 4.74 Å². The summed E-state index contributed by atoms with van der Waals surface area (Å²) < 4.78 is 6.44. The molecule has 1 aliphatic carbocycles. The number of benzene rings is 1. The van der Waals surface area contributed by atoms with Crippen molar-refractivity contribution in [1.29, 1.82) is 0 Å². The highest BCUT2D eigenvalue weighted by molar-refractivity contribution is 9.10. The summed E-state index contributed by atoms with van der Waals surface area (Å²) in [5.74, 6) is 0.671. The van der Waals surface area contributed by atoms with Crippen LogP contribution in [-0.4, -0.2) is 36.5 Å². The third-order valence-corrected chi connectivity index (χ3v) is 5.15. The van der Waals surface area contributed by atoms with E-state index in [2.05, 4.69) is 45.5 Å². The van der Waals surface area contributed by atoms with E-state index in [0.717, 1.165) is 17.3 Å². The van der Waals surface area contributed by atoms with Gasteiger partial charge in [0.15, 0.2) is 0 Å². The molecule has 0 bridgehead atoms. The van der Waals surface area contributed by atoms with E-state index in [0.29, 0.717) is 31.7 Å².